The van der Waals surface area contributed by atoms with Crippen LogP contribution in [0, 0.1) is 19.8 Å². The number of rotatable bonds is 5. The topological polar surface area (TPSA) is 76.0 Å². The van der Waals surface area contributed by atoms with Gasteiger partial charge in [-0.05, 0) is 50.2 Å². The Morgan fingerprint density at radius 2 is 1.68 bits per heavy atom. The lowest BCUT2D eigenvalue weighted by molar-refractivity contribution is -0.118. The predicted octanol–water partition coefficient (Wildman–Crippen LogP) is 4.34. The normalized spacial score (nSPS) is 10.8. The van der Waals surface area contributed by atoms with Gasteiger partial charge in [0.15, 0.2) is 0 Å². The fraction of sp³-hybridized carbons (Fsp3) is 0.227. The first-order valence-electron chi connectivity index (χ1n) is 9.19. The number of benzene rings is 1. The van der Waals surface area contributed by atoms with Crippen molar-refractivity contribution in [2.45, 2.75) is 27.7 Å². The molecule has 28 heavy (non-hydrogen) atoms. The van der Waals surface area contributed by atoms with E-state index in [9.17, 15) is 9.59 Å². The van der Waals surface area contributed by atoms with Gasteiger partial charge in [-0.15, -0.1) is 0 Å². The highest BCUT2D eigenvalue weighted by Crippen LogP contribution is 2.22. The highest BCUT2D eigenvalue weighted by atomic mass is 16.2. The first-order valence-corrected chi connectivity index (χ1v) is 9.19. The third kappa shape index (κ3) is 4.11. The van der Waals surface area contributed by atoms with E-state index in [1.165, 1.54) is 0 Å². The van der Waals surface area contributed by atoms with Gasteiger partial charge in [-0.3, -0.25) is 9.59 Å². The lowest BCUT2D eigenvalue weighted by Gasteiger charge is -2.11. The summed E-state index contributed by atoms with van der Waals surface area (Å²) in [7, 11) is 0. The van der Waals surface area contributed by atoms with E-state index in [4.69, 9.17) is 0 Å². The maximum absolute atomic E-state index is 12.8. The first-order chi connectivity index (χ1) is 13.4. The van der Waals surface area contributed by atoms with Crippen LogP contribution in [0.15, 0.2) is 54.7 Å². The molecule has 6 nitrogen and oxygen atoms in total. The highest BCUT2D eigenvalue weighted by Gasteiger charge is 2.17. The van der Waals surface area contributed by atoms with E-state index in [1.54, 1.807) is 30.5 Å². The monoisotopic (exact) mass is 376 g/mol. The number of aromatic nitrogens is 2. The number of hydrogen-bond acceptors (Lipinski definition) is 3. The zero-order valence-electron chi connectivity index (χ0n) is 16.5. The summed E-state index contributed by atoms with van der Waals surface area (Å²) in [5.74, 6) is 0.384. The van der Waals surface area contributed by atoms with Crippen molar-refractivity contribution in [1.82, 2.24) is 9.55 Å². The summed E-state index contributed by atoms with van der Waals surface area (Å²) in [6.45, 7) is 7.51. The molecular weight excluding hydrogens is 352 g/mol. The van der Waals surface area contributed by atoms with Crippen molar-refractivity contribution in [2.24, 2.45) is 5.92 Å². The van der Waals surface area contributed by atoms with Crippen LogP contribution < -0.4 is 10.6 Å². The number of carbonyl (C=O) groups is 2. The number of carbonyl (C=O) groups excluding carboxylic acids is 2. The van der Waals surface area contributed by atoms with Gasteiger partial charge in [-0.25, -0.2) is 4.98 Å². The third-order valence-electron chi connectivity index (χ3n) is 4.47. The second kappa shape index (κ2) is 8.08. The summed E-state index contributed by atoms with van der Waals surface area (Å²) < 4.78 is 1.95. The first kappa shape index (κ1) is 19.4. The van der Waals surface area contributed by atoms with E-state index in [0.717, 1.165) is 17.2 Å². The van der Waals surface area contributed by atoms with Crippen molar-refractivity contribution in [1.29, 1.82) is 0 Å². The van der Waals surface area contributed by atoms with E-state index < -0.39 is 0 Å². The summed E-state index contributed by atoms with van der Waals surface area (Å²) in [5, 5.41) is 5.75. The SMILES string of the molecule is Cc1cc(C(=O)Nc2cccc(NC(=O)C(C)C)c2)c(C)n1-c1ccccn1. The van der Waals surface area contributed by atoms with Crippen LogP contribution in [0.25, 0.3) is 5.82 Å². The summed E-state index contributed by atoms with van der Waals surface area (Å²) >= 11 is 0. The Morgan fingerprint density at radius 3 is 2.32 bits per heavy atom. The third-order valence-corrected chi connectivity index (χ3v) is 4.47. The molecule has 6 heteroatoms. The smallest absolute Gasteiger partial charge is 0.257 e. The molecule has 0 aliphatic rings. The van der Waals surface area contributed by atoms with Crippen LogP contribution in [-0.4, -0.2) is 21.4 Å². The van der Waals surface area contributed by atoms with E-state index in [-0.39, 0.29) is 17.7 Å². The Bertz CT molecular complexity index is 1010. The van der Waals surface area contributed by atoms with Crippen molar-refractivity contribution in [3.05, 3.63) is 71.7 Å². The van der Waals surface area contributed by atoms with E-state index >= 15 is 0 Å². The van der Waals surface area contributed by atoms with Gasteiger partial charge in [-0.1, -0.05) is 26.0 Å². The molecule has 0 radical (unpaired) electrons. The minimum atomic E-state index is -0.206. The minimum absolute atomic E-state index is 0.0672. The van der Waals surface area contributed by atoms with Gasteiger partial charge in [0, 0.05) is 34.9 Å². The zero-order valence-corrected chi connectivity index (χ0v) is 16.5. The van der Waals surface area contributed by atoms with Gasteiger partial charge in [-0.2, -0.15) is 0 Å². The van der Waals surface area contributed by atoms with Crippen LogP contribution in [0.2, 0.25) is 0 Å². The number of aryl methyl sites for hydroxylation is 1. The standard InChI is InChI=1S/C22H24N4O2/c1-14(2)21(27)24-17-8-7-9-18(13-17)25-22(28)19-12-15(3)26(16(19)4)20-10-5-6-11-23-20/h5-14H,1-4H3,(H,24,27)(H,25,28). The molecule has 0 aliphatic heterocycles. The Balaban J connectivity index is 1.82. The van der Waals surface area contributed by atoms with E-state index in [0.29, 0.717) is 16.9 Å². The summed E-state index contributed by atoms with van der Waals surface area (Å²) in [6.07, 6.45) is 1.73. The quantitative estimate of drug-likeness (QED) is 0.696. The van der Waals surface area contributed by atoms with Gasteiger partial charge in [0.25, 0.3) is 5.91 Å². The van der Waals surface area contributed by atoms with E-state index in [2.05, 4.69) is 15.6 Å². The van der Waals surface area contributed by atoms with Gasteiger partial charge < -0.3 is 15.2 Å². The van der Waals surface area contributed by atoms with Crippen LogP contribution in [0.5, 0.6) is 0 Å². The summed E-state index contributed by atoms with van der Waals surface area (Å²) in [6, 6.07) is 14.7. The molecule has 3 aromatic rings. The number of pyridine rings is 1. The molecule has 0 fully saturated rings. The van der Waals surface area contributed by atoms with Gasteiger partial charge in [0.1, 0.15) is 5.82 Å². The van der Waals surface area contributed by atoms with Crippen LogP contribution in [0.1, 0.15) is 35.6 Å². The van der Waals surface area contributed by atoms with Gasteiger partial charge in [0.2, 0.25) is 5.91 Å². The fourth-order valence-electron chi connectivity index (χ4n) is 2.99. The largest absolute Gasteiger partial charge is 0.326 e. The summed E-state index contributed by atoms with van der Waals surface area (Å²) in [5.41, 5.74) is 3.60. The molecule has 3 rings (SSSR count). The fourth-order valence-corrected chi connectivity index (χ4v) is 2.99. The zero-order chi connectivity index (χ0) is 20.3. The van der Waals surface area contributed by atoms with Crippen molar-refractivity contribution >= 4 is 23.2 Å². The maximum Gasteiger partial charge on any atom is 0.257 e. The second-order valence-corrected chi connectivity index (χ2v) is 6.99. The predicted molar refractivity (Wildman–Crippen MR) is 111 cm³/mol. The van der Waals surface area contributed by atoms with Crippen molar-refractivity contribution in [3.8, 4) is 5.82 Å². The molecule has 0 saturated carbocycles. The molecule has 0 atom stereocenters. The molecule has 2 heterocycles. The molecule has 2 amide bonds. The molecule has 0 bridgehead atoms. The number of nitrogens with zero attached hydrogens (tertiary/aromatic N) is 2. The Morgan fingerprint density at radius 1 is 0.964 bits per heavy atom. The summed E-state index contributed by atoms with van der Waals surface area (Å²) in [4.78, 5) is 29.1. The average molecular weight is 376 g/mol. The molecule has 1 aromatic carbocycles. The molecule has 144 valence electrons. The van der Waals surface area contributed by atoms with Crippen LogP contribution in [0.4, 0.5) is 11.4 Å². The molecule has 0 unspecified atom stereocenters. The van der Waals surface area contributed by atoms with Crippen molar-refractivity contribution in [3.63, 3.8) is 0 Å². The minimum Gasteiger partial charge on any atom is -0.326 e. The van der Waals surface area contributed by atoms with Gasteiger partial charge in [0.05, 0.1) is 5.56 Å². The number of hydrogen-bond donors (Lipinski definition) is 2. The molecule has 2 N–H and O–H groups in total. The average Bonchev–Trinajstić information content (AvgIpc) is 2.97. The van der Waals surface area contributed by atoms with Crippen molar-refractivity contribution in [2.75, 3.05) is 10.6 Å². The molecular formula is C22H24N4O2. The Labute approximate surface area is 164 Å². The lowest BCUT2D eigenvalue weighted by Crippen LogP contribution is -2.18. The van der Waals surface area contributed by atoms with Gasteiger partial charge >= 0.3 is 0 Å². The van der Waals surface area contributed by atoms with Crippen LogP contribution in [-0.2, 0) is 4.79 Å². The highest BCUT2D eigenvalue weighted by molar-refractivity contribution is 6.05. The Hall–Kier alpha value is -3.41. The molecule has 0 saturated heterocycles. The Kier molecular flexibility index (Phi) is 5.59. The number of amides is 2. The van der Waals surface area contributed by atoms with Crippen LogP contribution >= 0.6 is 0 Å². The molecule has 0 aliphatic carbocycles. The second-order valence-electron chi connectivity index (χ2n) is 6.99. The molecule has 2 aromatic heterocycles. The number of anilines is 2. The lowest BCUT2D eigenvalue weighted by atomic mass is 10.2. The maximum atomic E-state index is 12.8. The number of nitrogens with one attached hydrogen (secondary N) is 2. The van der Waals surface area contributed by atoms with E-state index in [1.807, 2.05) is 56.5 Å². The molecule has 0 spiro atoms. The van der Waals surface area contributed by atoms with Crippen molar-refractivity contribution < 1.29 is 9.59 Å². The van der Waals surface area contributed by atoms with Crippen LogP contribution in [0.3, 0.4) is 0 Å².